The van der Waals surface area contributed by atoms with Crippen LogP contribution in [0.4, 0.5) is 0 Å². The van der Waals surface area contributed by atoms with Crippen molar-refractivity contribution < 1.29 is 19.1 Å². The van der Waals surface area contributed by atoms with Crippen LogP contribution < -0.4 is 5.32 Å². The number of nitrogens with one attached hydrogen (secondary N) is 1. The quantitative estimate of drug-likeness (QED) is 0.390. The van der Waals surface area contributed by atoms with Gasteiger partial charge in [0.15, 0.2) is 0 Å². The summed E-state index contributed by atoms with van der Waals surface area (Å²) in [5, 5.41) is 3.46. The van der Waals surface area contributed by atoms with Crippen LogP contribution in [-0.4, -0.2) is 40.8 Å². The number of halogens is 1. The zero-order valence-corrected chi connectivity index (χ0v) is 22.2. The van der Waals surface area contributed by atoms with E-state index in [9.17, 15) is 14.4 Å². The molecule has 4 rings (SSSR count). The summed E-state index contributed by atoms with van der Waals surface area (Å²) < 4.78 is 5.36. The number of amides is 2. The molecule has 8 heteroatoms. The first-order chi connectivity index (χ1) is 18.4. The van der Waals surface area contributed by atoms with Gasteiger partial charge in [0.05, 0.1) is 18.7 Å². The maximum absolute atomic E-state index is 13.3. The molecule has 0 saturated heterocycles. The first-order valence-electron chi connectivity index (χ1n) is 12.6. The number of hydrogen-bond acceptors (Lipinski definition) is 5. The Bertz CT molecular complexity index is 1360. The fourth-order valence-electron chi connectivity index (χ4n) is 4.63. The fourth-order valence-corrected chi connectivity index (χ4v) is 4.83. The lowest BCUT2D eigenvalue weighted by Crippen LogP contribution is -2.38. The molecular formula is C30H30ClN3O4. The number of esters is 1. The van der Waals surface area contributed by atoms with Crippen molar-refractivity contribution in [1.29, 1.82) is 0 Å². The van der Waals surface area contributed by atoms with E-state index in [1.165, 1.54) is 0 Å². The third-order valence-electron chi connectivity index (χ3n) is 6.49. The maximum Gasteiger partial charge on any atom is 0.336 e. The molecule has 0 bridgehead atoms. The largest absolute Gasteiger partial charge is 0.463 e. The minimum absolute atomic E-state index is 0.111. The van der Waals surface area contributed by atoms with Gasteiger partial charge in [0, 0.05) is 53.5 Å². The Labute approximate surface area is 227 Å². The fraction of sp³-hybridized carbons (Fsp3) is 0.267. The third-order valence-corrected chi connectivity index (χ3v) is 6.73. The highest BCUT2D eigenvalue weighted by atomic mass is 35.5. The molecule has 3 aromatic rings. The molecular weight excluding hydrogens is 502 g/mol. The molecule has 1 N–H and O–H groups in total. The Balaban J connectivity index is 1.53. The van der Waals surface area contributed by atoms with Gasteiger partial charge in [0.1, 0.15) is 0 Å². The summed E-state index contributed by atoms with van der Waals surface area (Å²) in [5.41, 5.74) is 3.95. The molecule has 2 amide bonds. The van der Waals surface area contributed by atoms with Crippen LogP contribution in [0.25, 0.3) is 0 Å². The van der Waals surface area contributed by atoms with E-state index in [-0.39, 0.29) is 31.4 Å². The minimum Gasteiger partial charge on any atom is -0.463 e. The molecule has 0 saturated carbocycles. The molecule has 2 aromatic carbocycles. The Morgan fingerprint density at radius 3 is 2.66 bits per heavy atom. The number of pyridine rings is 1. The molecule has 0 spiro atoms. The lowest BCUT2D eigenvalue weighted by molar-refractivity contribution is -0.140. The topological polar surface area (TPSA) is 88.6 Å². The zero-order valence-electron chi connectivity index (χ0n) is 21.4. The molecule has 1 unspecified atom stereocenters. The van der Waals surface area contributed by atoms with E-state index in [4.69, 9.17) is 16.3 Å². The van der Waals surface area contributed by atoms with E-state index in [1.807, 2.05) is 30.3 Å². The van der Waals surface area contributed by atoms with E-state index < -0.39 is 11.9 Å². The van der Waals surface area contributed by atoms with Crippen LogP contribution in [0.5, 0.6) is 0 Å². The first-order valence-corrected chi connectivity index (χ1v) is 13.0. The molecule has 1 aromatic heterocycles. The van der Waals surface area contributed by atoms with Crippen LogP contribution in [0.1, 0.15) is 53.4 Å². The van der Waals surface area contributed by atoms with E-state index in [0.717, 1.165) is 16.8 Å². The summed E-state index contributed by atoms with van der Waals surface area (Å²) in [6.07, 6.45) is 2.46. The van der Waals surface area contributed by atoms with Gasteiger partial charge in [0.2, 0.25) is 5.91 Å². The lowest BCUT2D eigenvalue weighted by atomic mass is 9.83. The number of aromatic nitrogens is 1. The third kappa shape index (κ3) is 6.47. The number of benzene rings is 2. The van der Waals surface area contributed by atoms with E-state index >= 15 is 0 Å². The van der Waals surface area contributed by atoms with Crippen molar-refractivity contribution in [1.82, 2.24) is 15.2 Å². The van der Waals surface area contributed by atoms with Gasteiger partial charge in [-0.25, -0.2) is 4.79 Å². The smallest absolute Gasteiger partial charge is 0.336 e. The maximum atomic E-state index is 13.3. The monoisotopic (exact) mass is 531 g/mol. The average molecular weight is 532 g/mol. The predicted octanol–water partition coefficient (Wildman–Crippen LogP) is 5.06. The van der Waals surface area contributed by atoms with Gasteiger partial charge in [-0.3, -0.25) is 14.6 Å². The SMILES string of the molecule is CCOC(=O)C1=C(C)N(Cc2cccc(C(=O)NCCc3ccccn3)c2)C(=O)CC1c1cccc(Cl)c1. The van der Waals surface area contributed by atoms with Gasteiger partial charge in [0.25, 0.3) is 5.91 Å². The van der Waals surface area contributed by atoms with E-state index in [0.29, 0.717) is 34.8 Å². The second-order valence-corrected chi connectivity index (χ2v) is 9.47. The highest BCUT2D eigenvalue weighted by molar-refractivity contribution is 6.30. The van der Waals surface area contributed by atoms with E-state index in [2.05, 4.69) is 10.3 Å². The van der Waals surface area contributed by atoms with Gasteiger partial charge in [-0.15, -0.1) is 0 Å². The minimum atomic E-state index is -0.451. The number of rotatable bonds is 9. The number of carbonyl (C=O) groups excluding carboxylic acids is 3. The summed E-state index contributed by atoms with van der Waals surface area (Å²) in [6, 6.07) is 20.0. The highest BCUT2D eigenvalue weighted by Crippen LogP contribution is 2.38. The number of hydrogen-bond donors (Lipinski definition) is 1. The van der Waals surface area contributed by atoms with Crippen LogP contribution in [0.2, 0.25) is 5.02 Å². The standard InChI is InChI=1S/C30H30ClN3O4/c1-3-38-30(37)28-20(2)34(27(35)18-26(28)22-9-7-11-24(31)17-22)19-21-8-6-10-23(16-21)29(36)33-15-13-25-12-4-5-14-32-25/h4-12,14,16-17,26H,3,13,15,18-19H2,1-2H3,(H,33,36). The van der Waals surface area contributed by atoms with Crippen molar-refractivity contribution in [3.63, 3.8) is 0 Å². The highest BCUT2D eigenvalue weighted by Gasteiger charge is 2.37. The number of nitrogens with zero attached hydrogens (tertiary/aromatic N) is 2. The Kier molecular flexibility index (Phi) is 8.92. The van der Waals surface area contributed by atoms with Crippen molar-refractivity contribution >= 4 is 29.4 Å². The predicted molar refractivity (Wildman–Crippen MR) is 145 cm³/mol. The first kappa shape index (κ1) is 27.1. The van der Waals surface area contributed by atoms with Crippen molar-refractivity contribution in [2.24, 2.45) is 0 Å². The van der Waals surface area contributed by atoms with Crippen LogP contribution in [0, 0.1) is 0 Å². The van der Waals surface area contributed by atoms with Gasteiger partial charge in [-0.2, -0.15) is 0 Å². The molecule has 196 valence electrons. The molecule has 2 heterocycles. The molecule has 1 aliphatic rings. The van der Waals surface area contributed by atoms with Crippen LogP contribution in [-0.2, 0) is 27.3 Å². The molecule has 1 atom stereocenters. The van der Waals surface area contributed by atoms with Crippen molar-refractivity contribution in [2.45, 2.75) is 39.2 Å². The molecule has 1 aliphatic heterocycles. The summed E-state index contributed by atoms with van der Waals surface area (Å²) in [7, 11) is 0. The molecule has 7 nitrogen and oxygen atoms in total. The van der Waals surface area contributed by atoms with Crippen molar-refractivity contribution in [3.05, 3.63) is 112 Å². The molecule has 0 radical (unpaired) electrons. The summed E-state index contributed by atoms with van der Waals surface area (Å²) in [4.78, 5) is 45.0. The number of ether oxygens (including phenoxy) is 1. The van der Waals surface area contributed by atoms with Crippen LogP contribution in [0.3, 0.4) is 0 Å². The van der Waals surface area contributed by atoms with Crippen LogP contribution in [0.15, 0.2) is 84.2 Å². The van der Waals surface area contributed by atoms with Gasteiger partial charge >= 0.3 is 5.97 Å². The Morgan fingerprint density at radius 1 is 1.11 bits per heavy atom. The Morgan fingerprint density at radius 2 is 1.92 bits per heavy atom. The lowest BCUT2D eigenvalue weighted by Gasteiger charge is -2.34. The average Bonchev–Trinajstić information content (AvgIpc) is 2.91. The van der Waals surface area contributed by atoms with Crippen LogP contribution >= 0.6 is 11.6 Å². The van der Waals surface area contributed by atoms with Gasteiger partial charge < -0.3 is 15.0 Å². The van der Waals surface area contributed by atoms with Gasteiger partial charge in [-0.05, 0) is 61.4 Å². The number of carbonyl (C=O) groups is 3. The summed E-state index contributed by atoms with van der Waals surface area (Å²) in [5.74, 6) is -1.22. The summed E-state index contributed by atoms with van der Waals surface area (Å²) >= 11 is 6.20. The van der Waals surface area contributed by atoms with E-state index in [1.54, 1.807) is 61.3 Å². The second-order valence-electron chi connectivity index (χ2n) is 9.04. The van der Waals surface area contributed by atoms with Crippen molar-refractivity contribution in [2.75, 3.05) is 13.2 Å². The Hall–Kier alpha value is -3.97. The van der Waals surface area contributed by atoms with Gasteiger partial charge in [-0.1, -0.05) is 41.9 Å². The van der Waals surface area contributed by atoms with Crippen molar-refractivity contribution in [3.8, 4) is 0 Å². The molecule has 38 heavy (non-hydrogen) atoms. The number of allylic oxidation sites excluding steroid dienone is 1. The zero-order chi connectivity index (χ0) is 27.1. The summed E-state index contributed by atoms with van der Waals surface area (Å²) in [6.45, 7) is 4.42. The molecule has 0 fully saturated rings. The second kappa shape index (κ2) is 12.5. The normalized spacial score (nSPS) is 15.4. The molecule has 0 aliphatic carbocycles.